The highest BCUT2D eigenvalue weighted by atomic mass is 32.1. The molecule has 14 rings (SSSR count). The number of hydrogen-bond acceptors (Lipinski definition) is 4. The molecule has 0 radical (unpaired) electrons. The summed E-state index contributed by atoms with van der Waals surface area (Å²) in [4.78, 5) is 11.1. The van der Waals surface area contributed by atoms with Crippen molar-refractivity contribution in [2.24, 2.45) is 0 Å². The monoisotopic (exact) mass is 704 g/mol. The lowest BCUT2D eigenvalue weighted by Crippen LogP contribution is -2.04. The van der Waals surface area contributed by atoms with Gasteiger partial charge in [0, 0.05) is 63.4 Å². The smallest absolute Gasteiger partial charge is 0.235 e. The molecule has 0 bridgehead atoms. The van der Waals surface area contributed by atoms with Crippen LogP contribution in [0.15, 0.2) is 150 Å². The van der Waals surface area contributed by atoms with Crippen LogP contribution in [-0.4, -0.2) is 18.9 Å². The molecule has 0 atom stereocenters. The molecule has 0 unspecified atom stereocenters. The SMILES string of the molecule is c1ccc2c(c1)ccc1nc(-n3c4ccc5sc6cccc7c6c5c4c4c3ccc3c5ccccc5n7c34)nc(-c3cccc4c3oc3ccccc34)c12. The van der Waals surface area contributed by atoms with E-state index in [9.17, 15) is 0 Å². The molecule has 6 heteroatoms. The molecule has 0 aliphatic heterocycles. The third kappa shape index (κ3) is 3.20. The van der Waals surface area contributed by atoms with Crippen LogP contribution >= 0.6 is 11.3 Å². The van der Waals surface area contributed by atoms with Crippen LogP contribution in [0.4, 0.5) is 0 Å². The molecule has 8 aromatic carbocycles. The Hall–Kier alpha value is -7.02. The molecule has 0 aliphatic carbocycles. The first-order valence-electron chi connectivity index (χ1n) is 18.3. The maximum Gasteiger partial charge on any atom is 0.235 e. The fraction of sp³-hybridized carbons (Fsp3) is 0. The van der Waals surface area contributed by atoms with Gasteiger partial charge in [0.25, 0.3) is 0 Å². The Morgan fingerprint density at radius 3 is 2.19 bits per heavy atom. The van der Waals surface area contributed by atoms with E-state index in [1.807, 2.05) is 23.5 Å². The Kier molecular flexibility index (Phi) is 4.85. The van der Waals surface area contributed by atoms with E-state index in [4.69, 9.17) is 14.4 Å². The molecule has 0 saturated carbocycles. The number of para-hydroxylation sites is 3. The summed E-state index contributed by atoms with van der Waals surface area (Å²) in [6.45, 7) is 0. The van der Waals surface area contributed by atoms with E-state index in [1.54, 1.807) is 0 Å². The van der Waals surface area contributed by atoms with Gasteiger partial charge in [0.1, 0.15) is 11.2 Å². The van der Waals surface area contributed by atoms with Crippen molar-refractivity contribution in [1.82, 2.24) is 18.9 Å². The first-order valence-corrected chi connectivity index (χ1v) is 19.1. The lowest BCUT2D eigenvalue weighted by molar-refractivity contribution is 0.670. The molecule has 0 N–H and O–H groups in total. The number of fused-ring (bicyclic) bond motifs is 10. The Labute approximate surface area is 309 Å². The largest absolute Gasteiger partial charge is 0.455 e. The maximum atomic E-state index is 6.66. The summed E-state index contributed by atoms with van der Waals surface area (Å²) >= 11 is 1.87. The summed E-state index contributed by atoms with van der Waals surface area (Å²) in [5, 5.41) is 13.1. The van der Waals surface area contributed by atoms with Crippen LogP contribution in [0, 0.1) is 0 Å². The number of benzene rings is 8. The zero-order chi connectivity index (χ0) is 34.8. The lowest BCUT2D eigenvalue weighted by Gasteiger charge is -2.14. The summed E-state index contributed by atoms with van der Waals surface area (Å²) in [5.74, 6) is 0.641. The zero-order valence-electron chi connectivity index (χ0n) is 28.5. The molecule has 0 fully saturated rings. The van der Waals surface area contributed by atoms with Crippen molar-refractivity contribution in [3.8, 4) is 17.2 Å². The third-order valence-corrected chi connectivity index (χ3v) is 13.0. The van der Waals surface area contributed by atoms with Crippen molar-refractivity contribution in [2.45, 2.75) is 0 Å². The minimum Gasteiger partial charge on any atom is -0.455 e. The minimum atomic E-state index is 0.641. The Bertz CT molecular complexity index is 3920. The second-order valence-corrected chi connectivity index (χ2v) is 15.5. The van der Waals surface area contributed by atoms with Gasteiger partial charge >= 0.3 is 0 Å². The highest BCUT2D eigenvalue weighted by molar-refractivity contribution is 7.26. The first kappa shape index (κ1) is 27.6. The predicted octanol–water partition coefficient (Wildman–Crippen LogP) is 13.2. The zero-order valence-corrected chi connectivity index (χ0v) is 29.3. The Balaban J connectivity index is 1.20. The molecular weight excluding hydrogens is 681 g/mol. The van der Waals surface area contributed by atoms with Gasteiger partial charge in [-0.2, -0.15) is 0 Å². The normalized spacial score (nSPS) is 12.8. The van der Waals surface area contributed by atoms with Gasteiger partial charge in [-0.1, -0.05) is 91.0 Å². The number of thiophene rings is 1. The van der Waals surface area contributed by atoms with Crippen molar-refractivity contribution in [3.05, 3.63) is 146 Å². The van der Waals surface area contributed by atoms with E-state index in [1.165, 1.54) is 58.3 Å². The van der Waals surface area contributed by atoms with Gasteiger partial charge in [-0.25, -0.2) is 9.97 Å². The van der Waals surface area contributed by atoms with Gasteiger partial charge in [0.2, 0.25) is 5.95 Å². The van der Waals surface area contributed by atoms with Gasteiger partial charge < -0.3 is 8.82 Å². The van der Waals surface area contributed by atoms with Crippen LogP contribution in [-0.2, 0) is 0 Å². The molecule has 54 heavy (non-hydrogen) atoms. The topological polar surface area (TPSA) is 48.3 Å². The van der Waals surface area contributed by atoms with Gasteiger partial charge in [-0.3, -0.25) is 4.57 Å². The van der Waals surface area contributed by atoms with E-state index >= 15 is 0 Å². The van der Waals surface area contributed by atoms with Crippen LogP contribution in [0.2, 0.25) is 0 Å². The van der Waals surface area contributed by atoms with Gasteiger partial charge in [0.05, 0.1) is 38.8 Å². The van der Waals surface area contributed by atoms with Crippen LogP contribution in [0.5, 0.6) is 0 Å². The summed E-state index contributed by atoms with van der Waals surface area (Å²) < 4.78 is 14.1. The van der Waals surface area contributed by atoms with Crippen molar-refractivity contribution in [1.29, 1.82) is 0 Å². The molecule has 0 aliphatic rings. The molecule has 0 amide bonds. The minimum absolute atomic E-state index is 0.641. The van der Waals surface area contributed by atoms with E-state index in [2.05, 4.69) is 142 Å². The van der Waals surface area contributed by atoms with Crippen LogP contribution < -0.4 is 0 Å². The summed E-state index contributed by atoms with van der Waals surface area (Å²) in [6, 6.07) is 52.3. The molecule has 6 heterocycles. The van der Waals surface area contributed by atoms with E-state index < -0.39 is 0 Å². The highest BCUT2D eigenvalue weighted by Gasteiger charge is 2.27. The first-order chi connectivity index (χ1) is 26.8. The number of furan rings is 1. The van der Waals surface area contributed by atoms with Crippen molar-refractivity contribution < 1.29 is 4.42 Å². The second kappa shape index (κ2) is 9.50. The fourth-order valence-electron chi connectivity index (χ4n) is 9.70. The maximum absolute atomic E-state index is 6.66. The van der Waals surface area contributed by atoms with Crippen LogP contribution in [0.1, 0.15) is 0 Å². The molecule has 6 aromatic heterocycles. The number of aromatic nitrogens is 4. The van der Waals surface area contributed by atoms with E-state index in [-0.39, 0.29) is 0 Å². The molecule has 0 spiro atoms. The fourth-order valence-corrected chi connectivity index (χ4v) is 10.8. The lowest BCUT2D eigenvalue weighted by atomic mass is 9.99. The number of hydrogen-bond donors (Lipinski definition) is 0. The molecule has 248 valence electrons. The van der Waals surface area contributed by atoms with E-state index in [0.717, 1.165) is 65.9 Å². The third-order valence-electron chi connectivity index (χ3n) is 11.8. The average Bonchev–Trinajstić information content (AvgIpc) is 3.95. The van der Waals surface area contributed by atoms with Crippen molar-refractivity contribution in [3.63, 3.8) is 0 Å². The van der Waals surface area contributed by atoms with Crippen molar-refractivity contribution >= 4 is 124 Å². The summed E-state index contributed by atoms with van der Waals surface area (Å²) in [6.07, 6.45) is 0. The summed E-state index contributed by atoms with van der Waals surface area (Å²) in [5.41, 5.74) is 10.3. The van der Waals surface area contributed by atoms with Crippen LogP contribution in [0.3, 0.4) is 0 Å². The number of nitrogens with zero attached hydrogens (tertiary/aromatic N) is 4. The van der Waals surface area contributed by atoms with Gasteiger partial charge in [-0.05, 0) is 65.4 Å². The van der Waals surface area contributed by atoms with Crippen LogP contribution in [0.25, 0.3) is 130 Å². The Morgan fingerprint density at radius 2 is 1.22 bits per heavy atom. The quantitative estimate of drug-likeness (QED) is 0.168. The molecule has 14 aromatic rings. The average molecular weight is 705 g/mol. The molecule has 0 saturated heterocycles. The summed E-state index contributed by atoms with van der Waals surface area (Å²) in [7, 11) is 0. The highest BCUT2D eigenvalue weighted by Crippen LogP contribution is 2.50. The number of rotatable bonds is 2. The van der Waals surface area contributed by atoms with Gasteiger partial charge in [-0.15, -0.1) is 11.3 Å². The van der Waals surface area contributed by atoms with Crippen molar-refractivity contribution in [2.75, 3.05) is 0 Å². The second-order valence-electron chi connectivity index (χ2n) is 14.5. The molecule has 5 nitrogen and oxygen atoms in total. The van der Waals surface area contributed by atoms with E-state index in [0.29, 0.717) is 5.95 Å². The standard InChI is InChI=1S/C48H24N4OS/c1-2-10-26-25(9-1)19-21-32-40(26)45(31-14-7-13-30-28-12-4-6-17-37(28)53-47(30)31)50-48(49-32)52-35-23-24-39-44-41-34(16-8-18-38(41)54-39)51-33-15-5-3-11-27(33)29-20-22-36(52)43(42(35)44)46(29)51/h1-24H. The molecular formula is C48H24N4OS. The Morgan fingerprint density at radius 1 is 0.463 bits per heavy atom. The van der Waals surface area contributed by atoms with Gasteiger partial charge in [0.15, 0.2) is 0 Å². The predicted molar refractivity (Wildman–Crippen MR) is 225 cm³/mol.